The Kier molecular flexibility index (Phi) is 4.52. The minimum absolute atomic E-state index is 0.0451. The number of aromatic nitrogens is 1. The van der Waals surface area contributed by atoms with Crippen LogP contribution in [0.3, 0.4) is 0 Å². The van der Waals surface area contributed by atoms with Gasteiger partial charge in [-0.2, -0.15) is 0 Å². The van der Waals surface area contributed by atoms with Crippen molar-refractivity contribution in [3.05, 3.63) is 58.9 Å². The summed E-state index contributed by atoms with van der Waals surface area (Å²) in [5.41, 5.74) is 4.61. The van der Waals surface area contributed by atoms with E-state index in [9.17, 15) is 4.79 Å². The molecule has 0 saturated heterocycles. The zero-order valence-electron chi connectivity index (χ0n) is 12.9. The Morgan fingerprint density at radius 1 is 1.27 bits per heavy atom. The van der Waals surface area contributed by atoms with Gasteiger partial charge in [0.1, 0.15) is 12.0 Å². The first-order valence-electron chi connectivity index (χ1n) is 7.87. The molecule has 0 aliphatic heterocycles. The van der Waals surface area contributed by atoms with Crippen LogP contribution in [0.15, 0.2) is 36.4 Å². The maximum Gasteiger partial charge on any atom is 0.127 e. The SMILES string of the molecule is COc1cccc(CCc2ccc3c(n2)CCCC3C=O)c1. The summed E-state index contributed by atoms with van der Waals surface area (Å²) in [7, 11) is 1.69. The quantitative estimate of drug-likeness (QED) is 0.793. The van der Waals surface area contributed by atoms with Crippen LogP contribution >= 0.6 is 0 Å². The summed E-state index contributed by atoms with van der Waals surface area (Å²) in [4.78, 5) is 15.9. The van der Waals surface area contributed by atoms with E-state index in [4.69, 9.17) is 9.72 Å². The third kappa shape index (κ3) is 3.19. The molecule has 1 aliphatic carbocycles. The molecule has 3 nitrogen and oxygen atoms in total. The third-order valence-corrected chi connectivity index (χ3v) is 4.36. The lowest BCUT2D eigenvalue weighted by atomic mass is 9.86. The van der Waals surface area contributed by atoms with Gasteiger partial charge in [-0.25, -0.2) is 0 Å². The van der Waals surface area contributed by atoms with Crippen LogP contribution in [0, 0.1) is 0 Å². The second-order valence-corrected chi connectivity index (χ2v) is 5.82. The Bertz CT molecular complexity index is 666. The molecule has 3 heteroatoms. The van der Waals surface area contributed by atoms with E-state index in [0.717, 1.165) is 61.1 Å². The van der Waals surface area contributed by atoms with Gasteiger partial charge in [0.05, 0.1) is 7.11 Å². The van der Waals surface area contributed by atoms with E-state index in [1.54, 1.807) is 7.11 Å². The fourth-order valence-corrected chi connectivity index (χ4v) is 3.12. The van der Waals surface area contributed by atoms with E-state index in [0.29, 0.717) is 0 Å². The molecule has 114 valence electrons. The van der Waals surface area contributed by atoms with Crippen LogP contribution in [-0.4, -0.2) is 18.4 Å². The van der Waals surface area contributed by atoms with Crippen LogP contribution in [-0.2, 0) is 24.1 Å². The highest BCUT2D eigenvalue weighted by molar-refractivity contribution is 5.63. The van der Waals surface area contributed by atoms with Gasteiger partial charge in [0.15, 0.2) is 0 Å². The molecule has 1 heterocycles. The molecule has 1 aromatic carbocycles. The number of carbonyl (C=O) groups is 1. The lowest BCUT2D eigenvalue weighted by Crippen LogP contribution is -2.13. The first-order valence-corrected chi connectivity index (χ1v) is 7.87. The van der Waals surface area contributed by atoms with Gasteiger partial charge in [-0.15, -0.1) is 0 Å². The predicted octanol–water partition coefficient (Wildman–Crippen LogP) is 3.49. The molecule has 0 spiro atoms. The van der Waals surface area contributed by atoms with Crippen molar-refractivity contribution in [1.29, 1.82) is 0 Å². The van der Waals surface area contributed by atoms with Gasteiger partial charge in [-0.1, -0.05) is 18.2 Å². The normalized spacial score (nSPS) is 16.9. The molecule has 0 fully saturated rings. The molecular weight excluding hydrogens is 274 g/mol. The third-order valence-electron chi connectivity index (χ3n) is 4.36. The number of methoxy groups -OCH3 is 1. The molecule has 2 aromatic rings. The first-order chi connectivity index (χ1) is 10.8. The highest BCUT2D eigenvalue weighted by Crippen LogP contribution is 2.29. The first kappa shape index (κ1) is 14.8. The van der Waals surface area contributed by atoms with Gasteiger partial charge in [-0.3, -0.25) is 4.98 Å². The summed E-state index contributed by atoms with van der Waals surface area (Å²) in [5, 5.41) is 0. The van der Waals surface area contributed by atoms with Crippen LogP contribution in [0.1, 0.15) is 41.3 Å². The fraction of sp³-hybridized carbons (Fsp3) is 0.368. The van der Waals surface area contributed by atoms with E-state index in [-0.39, 0.29) is 5.92 Å². The number of ether oxygens (including phenoxy) is 1. The minimum atomic E-state index is 0.0451. The molecular formula is C19H21NO2. The molecule has 22 heavy (non-hydrogen) atoms. The number of carbonyl (C=O) groups excluding carboxylic acids is 1. The van der Waals surface area contributed by atoms with Gasteiger partial charge in [0, 0.05) is 17.3 Å². The van der Waals surface area contributed by atoms with Crippen molar-refractivity contribution in [3.63, 3.8) is 0 Å². The number of rotatable bonds is 5. The fourth-order valence-electron chi connectivity index (χ4n) is 3.12. The number of benzene rings is 1. The number of nitrogens with zero attached hydrogens (tertiary/aromatic N) is 1. The maximum absolute atomic E-state index is 11.1. The van der Waals surface area contributed by atoms with Crippen molar-refractivity contribution >= 4 is 6.29 Å². The molecule has 3 rings (SSSR count). The Morgan fingerprint density at radius 2 is 2.18 bits per heavy atom. The van der Waals surface area contributed by atoms with Crippen LogP contribution in [0.25, 0.3) is 0 Å². The zero-order valence-corrected chi connectivity index (χ0v) is 12.9. The van der Waals surface area contributed by atoms with Gasteiger partial charge >= 0.3 is 0 Å². The molecule has 0 radical (unpaired) electrons. The van der Waals surface area contributed by atoms with Crippen molar-refractivity contribution in [2.45, 2.75) is 38.0 Å². The molecule has 0 saturated carbocycles. The van der Waals surface area contributed by atoms with Gasteiger partial charge in [0.25, 0.3) is 0 Å². The van der Waals surface area contributed by atoms with Crippen molar-refractivity contribution in [1.82, 2.24) is 4.98 Å². The second kappa shape index (κ2) is 6.73. The van der Waals surface area contributed by atoms with E-state index < -0.39 is 0 Å². The number of fused-ring (bicyclic) bond motifs is 1. The lowest BCUT2D eigenvalue weighted by Gasteiger charge is -2.20. The summed E-state index contributed by atoms with van der Waals surface area (Å²) in [6, 6.07) is 12.3. The van der Waals surface area contributed by atoms with Gasteiger partial charge < -0.3 is 9.53 Å². The lowest BCUT2D eigenvalue weighted by molar-refractivity contribution is -0.109. The average molecular weight is 295 g/mol. The molecule has 0 N–H and O–H groups in total. The summed E-state index contributed by atoms with van der Waals surface area (Å²) in [6.07, 6.45) is 5.93. The molecule has 1 aromatic heterocycles. The minimum Gasteiger partial charge on any atom is -0.497 e. The number of aryl methyl sites for hydroxylation is 3. The monoisotopic (exact) mass is 295 g/mol. The Balaban J connectivity index is 1.72. The summed E-state index contributed by atoms with van der Waals surface area (Å²) >= 11 is 0. The number of pyridine rings is 1. The van der Waals surface area contributed by atoms with E-state index in [1.165, 1.54) is 5.56 Å². The molecule has 1 atom stereocenters. The second-order valence-electron chi connectivity index (χ2n) is 5.82. The van der Waals surface area contributed by atoms with Crippen molar-refractivity contribution in [2.24, 2.45) is 0 Å². The van der Waals surface area contributed by atoms with Gasteiger partial charge in [0.2, 0.25) is 0 Å². The zero-order chi connectivity index (χ0) is 15.4. The summed E-state index contributed by atoms with van der Waals surface area (Å²) in [6.45, 7) is 0. The van der Waals surface area contributed by atoms with Gasteiger partial charge in [-0.05, 0) is 61.4 Å². The standard InChI is InChI=1S/C19H21NO2/c1-22-17-6-2-4-14(12-17)8-9-16-10-11-18-15(13-21)5-3-7-19(18)20-16/h2,4,6,10-13,15H,3,5,7-9H2,1H3. The summed E-state index contributed by atoms with van der Waals surface area (Å²) < 4.78 is 5.26. The highest BCUT2D eigenvalue weighted by Gasteiger charge is 2.20. The Hall–Kier alpha value is -2.16. The summed E-state index contributed by atoms with van der Waals surface area (Å²) in [5.74, 6) is 0.938. The molecule has 0 bridgehead atoms. The van der Waals surface area contributed by atoms with E-state index in [2.05, 4.69) is 24.3 Å². The van der Waals surface area contributed by atoms with Crippen molar-refractivity contribution < 1.29 is 9.53 Å². The van der Waals surface area contributed by atoms with Crippen LogP contribution < -0.4 is 4.74 Å². The molecule has 1 unspecified atom stereocenters. The van der Waals surface area contributed by atoms with Crippen molar-refractivity contribution in [3.8, 4) is 5.75 Å². The average Bonchev–Trinajstić information content (AvgIpc) is 2.59. The Morgan fingerprint density at radius 3 is 3.00 bits per heavy atom. The van der Waals surface area contributed by atoms with E-state index in [1.807, 2.05) is 12.1 Å². The molecule has 0 amide bonds. The maximum atomic E-state index is 11.1. The largest absolute Gasteiger partial charge is 0.497 e. The van der Waals surface area contributed by atoms with Crippen LogP contribution in [0.4, 0.5) is 0 Å². The van der Waals surface area contributed by atoms with E-state index >= 15 is 0 Å². The smallest absolute Gasteiger partial charge is 0.127 e. The van der Waals surface area contributed by atoms with Crippen LogP contribution in [0.5, 0.6) is 5.75 Å². The predicted molar refractivity (Wildman–Crippen MR) is 86.4 cm³/mol. The molecule has 1 aliphatic rings. The topological polar surface area (TPSA) is 39.2 Å². The van der Waals surface area contributed by atoms with Crippen LogP contribution in [0.2, 0.25) is 0 Å². The van der Waals surface area contributed by atoms with Crippen molar-refractivity contribution in [2.75, 3.05) is 7.11 Å². The Labute approximate surface area is 131 Å². The highest BCUT2D eigenvalue weighted by atomic mass is 16.5. The number of hydrogen-bond donors (Lipinski definition) is 0. The number of hydrogen-bond acceptors (Lipinski definition) is 3. The number of aldehydes is 1.